The van der Waals surface area contributed by atoms with Crippen molar-refractivity contribution in [2.45, 2.75) is 0 Å². The van der Waals surface area contributed by atoms with E-state index in [1.807, 2.05) is 42.5 Å². The molecule has 0 aliphatic carbocycles. The number of carbonyl (C=O) groups is 1. The predicted octanol–water partition coefficient (Wildman–Crippen LogP) is -0.640. The summed E-state index contributed by atoms with van der Waals surface area (Å²) in [6.45, 7) is 0. The van der Waals surface area contributed by atoms with Gasteiger partial charge in [0.25, 0.3) is 0 Å². The maximum Gasteiger partial charge on any atom is 1.00 e. The van der Waals surface area contributed by atoms with Crippen LogP contribution in [-0.4, -0.2) is 5.97 Å². The van der Waals surface area contributed by atoms with Crippen LogP contribution in [0.15, 0.2) is 54.6 Å². The van der Waals surface area contributed by atoms with Crippen LogP contribution in [0.4, 0.5) is 0 Å². The quantitative estimate of drug-likeness (QED) is 0.431. The van der Waals surface area contributed by atoms with Crippen LogP contribution in [-0.2, 0) is 0 Å². The molecule has 2 nitrogen and oxygen atoms in total. The van der Waals surface area contributed by atoms with Crippen molar-refractivity contribution in [2.24, 2.45) is 0 Å². The molecule has 0 saturated heterocycles. The Kier molecular flexibility index (Phi) is 4.20. The van der Waals surface area contributed by atoms with Gasteiger partial charge in [-0.1, -0.05) is 42.5 Å². The van der Waals surface area contributed by atoms with Gasteiger partial charge in [0.1, 0.15) is 0 Å². The molecule has 0 bridgehead atoms. The maximum atomic E-state index is 11.0. The summed E-state index contributed by atoms with van der Waals surface area (Å²) in [6, 6.07) is 17.0. The molecule has 0 unspecified atom stereocenters. The Morgan fingerprint density at radius 3 is 2.11 bits per heavy atom. The first kappa shape index (κ1) is 13.7. The van der Waals surface area contributed by atoms with Gasteiger partial charge < -0.3 is 9.90 Å². The van der Waals surface area contributed by atoms with Crippen LogP contribution >= 0.6 is 0 Å². The van der Waals surface area contributed by atoms with Crippen molar-refractivity contribution in [3.63, 3.8) is 0 Å². The molecule has 3 rings (SSSR count). The van der Waals surface area contributed by atoms with Gasteiger partial charge in [-0.05, 0) is 33.7 Å². The summed E-state index contributed by atoms with van der Waals surface area (Å²) in [5.74, 6) is -1.13. The van der Waals surface area contributed by atoms with E-state index in [-0.39, 0.29) is 56.9 Å². The molecule has 0 aliphatic heterocycles. The molecule has 0 aliphatic rings. The molecule has 0 amide bonds. The van der Waals surface area contributed by atoms with Gasteiger partial charge in [-0.15, -0.1) is 0 Å². The number of hydrogen-bond acceptors (Lipinski definition) is 2. The summed E-state index contributed by atoms with van der Waals surface area (Å²) in [7, 11) is 0. The van der Waals surface area contributed by atoms with Crippen LogP contribution in [0.2, 0.25) is 0 Å². The van der Waals surface area contributed by atoms with Gasteiger partial charge in [-0.25, -0.2) is 0 Å². The minimum Gasteiger partial charge on any atom is -0.545 e. The van der Waals surface area contributed by atoms with E-state index < -0.39 is 5.97 Å². The number of hydrogen-bond donors (Lipinski definition) is 0. The first-order valence-electron chi connectivity index (χ1n) is 5.38. The van der Waals surface area contributed by atoms with Crippen LogP contribution in [0.5, 0.6) is 0 Å². The Morgan fingerprint density at radius 2 is 1.44 bits per heavy atom. The van der Waals surface area contributed by atoms with E-state index >= 15 is 0 Å². The monoisotopic (exact) mass is 260 g/mol. The number of aromatic carboxylic acids is 1. The molecule has 0 saturated carbocycles. The number of benzene rings is 3. The normalized spacial score (nSPS) is 10.2. The summed E-state index contributed by atoms with van der Waals surface area (Å²) in [5.41, 5.74) is 0.244. The summed E-state index contributed by atoms with van der Waals surface area (Å²) >= 11 is 0. The first-order valence-corrected chi connectivity index (χ1v) is 5.38. The van der Waals surface area contributed by atoms with Crippen LogP contribution in [0, 0.1) is 0 Å². The van der Waals surface area contributed by atoms with Crippen molar-refractivity contribution < 1.29 is 61.3 Å². The Bertz CT molecular complexity index is 735. The molecule has 18 heavy (non-hydrogen) atoms. The molecule has 0 N–H and O–H groups in total. The summed E-state index contributed by atoms with van der Waals surface area (Å²) < 4.78 is 0. The van der Waals surface area contributed by atoms with Gasteiger partial charge in [0, 0.05) is 5.56 Å². The van der Waals surface area contributed by atoms with Gasteiger partial charge in [0.15, 0.2) is 0 Å². The molecule has 0 radical (unpaired) electrons. The molecule has 3 heteroatoms. The van der Waals surface area contributed by atoms with E-state index in [0.29, 0.717) is 0 Å². The second-order valence-corrected chi connectivity index (χ2v) is 4.01. The fourth-order valence-electron chi connectivity index (χ4n) is 2.14. The van der Waals surface area contributed by atoms with E-state index in [9.17, 15) is 9.90 Å². The summed E-state index contributed by atoms with van der Waals surface area (Å²) in [4.78, 5) is 11.0. The van der Waals surface area contributed by atoms with Crippen molar-refractivity contribution in [1.29, 1.82) is 0 Å². The average molecular weight is 260 g/mol. The number of fused-ring (bicyclic) bond motifs is 2. The Hall–Kier alpha value is -0.714. The Labute approximate surface area is 147 Å². The second kappa shape index (κ2) is 5.51. The Balaban J connectivity index is 0.00000120. The van der Waals surface area contributed by atoms with E-state index in [4.69, 9.17) is 0 Å². The molecular weight excluding hydrogens is 251 g/mol. The summed E-state index contributed by atoms with van der Waals surface area (Å²) in [6.07, 6.45) is 0. The minimum absolute atomic E-state index is 0. The van der Waals surface area contributed by atoms with Gasteiger partial charge in [0.2, 0.25) is 0 Å². The zero-order chi connectivity index (χ0) is 11.8. The van der Waals surface area contributed by atoms with Gasteiger partial charge in [-0.2, -0.15) is 0 Å². The maximum absolute atomic E-state index is 11.0. The number of carboxylic acids is 1. The van der Waals surface area contributed by atoms with Crippen molar-refractivity contribution in [3.05, 3.63) is 60.2 Å². The zero-order valence-electron chi connectivity index (χ0n) is 10.0. The van der Waals surface area contributed by atoms with Crippen molar-refractivity contribution in [2.75, 3.05) is 0 Å². The fraction of sp³-hybridized carbons (Fsp3) is 0. The second-order valence-electron chi connectivity index (χ2n) is 4.01. The molecule has 0 atom stereocenters. The first-order chi connectivity index (χ1) is 8.25. The van der Waals surface area contributed by atoms with E-state index in [1.165, 1.54) is 0 Å². The standard InChI is InChI=1S/C15H10O2.K/c16-15(17)13-7-3-6-12-8-10-4-1-2-5-11(10)9-14(12)13;/h1-9H,(H,16,17);/q;+1/p-1. The molecule has 82 valence electrons. The minimum atomic E-state index is -1.13. The molecule has 3 aromatic rings. The van der Waals surface area contributed by atoms with Gasteiger partial charge in [-0.3, -0.25) is 0 Å². The van der Waals surface area contributed by atoms with Crippen molar-refractivity contribution in [3.8, 4) is 0 Å². The van der Waals surface area contributed by atoms with Gasteiger partial charge >= 0.3 is 51.4 Å². The molecule has 0 fully saturated rings. The van der Waals surface area contributed by atoms with E-state index in [1.54, 1.807) is 12.1 Å². The smallest absolute Gasteiger partial charge is 0.545 e. The molecule has 3 aromatic carbocycles. The van der Waals surface area contributed by atoms with Crippen molar-refractivity contribution in [1.82, 2.24) is 0 Å². The van der Waals surface area contributed by atoms with Crippen LogP contribution in [0.3, 0.4) is 0 Å². The van der Waals surface area contributed by atoms with Gasteiger partial charge in [0.05, 0.1) is 5.97 Å². The van der Waals surface area contributed by atoms with E-state index in [2.05, 4.69) is 0 Å². The molecule has 0 heterocycles. The zero-order valence-corrected chi connectivity index (χ0v) is 13.1. The van der Waals surface area contributed by atoms with E-state index in [0.717, 1.165) is 21.5 Å². The average Bonchev–Trinajstić information content (AvgIpc) is 2.35. The third-order valence-corrected chi connectivity index (χ3v) is 2.97. The number of carbonyl (C=O) groups excluding carboxylic acids is 1. The molecule has 0 aromatic heterocycles. The molecular formula is C15H9KO2. The van der Waals surface area contributed by atoms with Crippen LogP contribution in [0.1, 0.15) is 10.4 Å². The largest absolute Gasteiger partial charge is 1.00 e. The number of rotatable bonds is 1. The predicted molar refractivity (Wildman–Crippen MR) is 65.8 cm³/mol. The topological polar surface area (TPSA) is 40.1 Å². The van der Waals surface area contributed by atoms with Crippen LogP contribution < -0.4 is 56.5 Å². The Morgan fingerprint density at radius 1 is 0.833 bits per heavy atom. The molecule has 0 spiro atoms. The summed E-state index contributed by atoms with van der Waals surface area (Å²) in [5, 5.41) is 14.8. The third kappa shape index (κ3) is 2.37. The third-order valence-electron chi connectivity index (χ3n) is 2.97. The number of carboxylic acid groups (broad SMARTS) is 1. The van der Waals surface area contributed by atoms with Crippen molar-refractivity contribution >= 4 is 27.5 Å². The fourth-order valence-corrected chi connectivity index (χ4v) is 2.14. The van der Waals surface area contributed by atoms with Crippen LogP contribution in [0.25, 0.3) is 21.5 Å². The SMILES string of the molecule is O=C([O-])c1cccc2cc3ccccc3cc12.[K+].